The summed E-state index contributed by atoms with van der Waals surface area (Å²) in [4.78, 5) is 0. The molecular weight excluding hydrogens is 136 g/mol. The SMILES string of the molecule is CC(C#N)N[C@@H](C)C1CCC1. The smallest absolute Gasteiger partial charge is 0.0926 e. The van der Waals surface area contributed by atoms with Crippen LogP contribution in [0.15, 0.2) is 0 Å². The molecule has 2 heteroatoms. The molecule has 0 aliphatic heterocycles. The van der Waals surface area contributed by atoms with E-state index in [1.165, 1.54) is 19.3 Å². The number of rotatable bonds is 3. The maximum Gasteiger partial charge on any atom is 0.0926 e. The van der Waals surface area contributed by atoms with Gasteiger partial charge in [-0.15, -0.1) is 0 Å². The first-order valence-corrected chi connectivity index (χ1v) is 4.39. The third-order valence-electron chi connectivity index (χ3n) is 2.56. The van der Waals surface area contributed by atoms with Crippen molar-refractivity contribution in [2.75, 3.05) is 0 Å². The van der Waals surface area contributed by atoms with Crippen molar-refractivity contribution in [3.05, 3.63) is 0 Å². The largest absolute Gasteiger partial charge is 0.299 e. The fourth-order valence-corrected chi connectivity index (χ4v) is 1.51. The van der Waals surface area contributed by atoms with Crippen LogP contribution >= 0.6 is 0 Å². The van der Waals surface area contributed by atoms with Crippen LogP contribution in [0, 0.1) is 17.2 Å². The number of nitriles is 1. The summed E-state index contributed by atoms with van der Waals surface area (Å²) >= 11 is 0. The Balaban J connectivity index is 2.20. The molecule has 0 radical (unpaired) electrons. The summed E-state index contributed by atoms with van der Waals surface area (Å²) in [7, 11) is 0. The zero-order valence-corrected chi connectivity index (χ0v) is 7.30. The molecule has 0 aromatic rings. The van der Waals surface area contributed by atoms with Gasteiger partial charge in [0.2, 0.25) is 0 Å². The van der Waals surface area contributed by atoms with Crippen LogP contribution < -0.4 is 5.32 Å². The minimum atomic E-state index is 0.00519. The first-order valence-electron chi connectivity index (χ1n) is 4.39. The van der Waals surface area contributed by atoms with Crippen molar-refractivity contribution < 1.29 is 0 Å². The molecule has 0 bridgehead atoms. The van der Waals surface area contributed by atoms with E-state index in [0.717, 1.165) is 5.92 Å². The third kappa shape index (κ3) is 2.20. The summed E-state index contributed by atoms with van der Waals surface area (Å²) in [5.74, 6) is 0.825. The summed E-state index contributed by atoms with van der Waals surface area (Å²) in [6.07, 6.45) is 4.05. The molecule has 1 saturated carbocycles. The van der Waals surface area contributed by atoms with E-state index in [1.54, 1.807) is 0 Å². The minimum Gasteiger partial charge on any atom is -0.299 e. The molecule has 1 unspecified atom stereocenters. The van der Waals surface area contributed by atoms with E-state index in [-0.39, 0.29) is 6.04 Å². The molecule has 11 heavy (non-hydrogen) atoms. The normalized spacial score (nSPS) is 23.4. The Labute approximate surface area is 68.6 Å². The molecule has 1 aliphatic carbocycles. The van der Waals surface area contributed by atoms with Gasteiger partial charge in [0, 0.05) is 6.04 Å². The van der Waals surface area contributed by atoms with Gasteiger partial charge in [0.25, 0.3) is 0 Å². The Morgan fingerprint density at radius 3 is 2.45 bits per heavy atom. The van der Waals surface area contributed by atoms with Crippen molar-refractivity contribution >= 4 is 0 Å². The summed E-state index contributed by atoms with van der Waals surface area (Å²) in [5, 5.41) is 11.8. The molecule has 0 aromatic carbocycles. The van der Waals surface area contributed by atoms with Crippen LogP contribution in [-0.4, -0.2) is 12.1 Å². The molecule has 1 N–H and O–H groups in total. The van der Waals surface area contributed by atoms with Crippen molar-refractivity contribution in [3.8, 4) is 6.07 Å². The number of nitrogens with zero attached hydrogens (tertiary/aromatic N) is 1. The average Bonchev–Trinajstić information content (AvgIpc) is 1.83. The van der Waals surface area contributed by atoms with Crippen LogP contribution in [0.25, 0.3) is 0 Å². The summed E-state index contributed by atoms with van der Waals surface area (Å²) in [6, 6.07) is 2.72. The lowest BCUT2D eigenvalue weighted by atomic mass is 9.80. The lowest BCUT2D eigenvalue weighted by molar-refractivity contribution is 0.237. The van der Waals surface area contributed by atoms with Crippen molar-refractivity contribution in [2.45, 2.75) is 45.2 Å². The van der Waals surface area contributed by atoms with Crippen LogP contribution in [0.2, 0.25) is 0 Å². The molecule has 0 amide bonds. The zero-order valence-electron chi connectivity index (χ0n) is 7.30. The molecule has 62 valence electrons. The van der Waals surface area contributed by atoms with Crippen molar-refractivity contribution in [1.29, 1.82) is 5.26 Å². The molecule has 1 fully saturated rings. The van der Waals surface area contributed by atoms with Gasteiger partial charge >= 0.3 is 0 Å². The van der Waals surface area contributed by atoms with Gasteiger partial charge in [-0.1, -0.05) is 6.42 Å². The van der Waals surface area contributed by atoms with Crippen molar-refractivity contribution in [2.24, 2.45) is 5.92 Å². The Kier molecular flexibility index (Phi) is 2.90. The monoisotopic (exact) mass is 152 g/mol. The highest BCUT2D eigenvalue weighted by Gasteiger charge is 2.24. The second-order valence-corrected chi connectivity index (χ2v) is 3.50. The van der Waals surface area contributed by atoms with E-state index in [2.05, 4.69) is 18.3 Å². The molecule has 1 aliphatic rings. The number of nitrogens with one attached hydrogen (secondary N) is 1. The Morgan fingerprint density at radius 1 is 1.45 bits per heavy atom. The molecular formula is C9H16N2. The molecule has 0 saturated heterocycles. The lowest BCUT2D eigenvalue weighted by Crippen LogP contribution is -2.41. The van der Waals surface area contributed by atoms with Crippen LogP contribution in [0.4, 0.5) is 0 Å². The third-order valence-corrected chi connectivity index (χ3v) is 2.56. The molecule has 1 rings (SSSR count). The van der Waals surface area contributed by atoms with E-state index in [9.17, 15) is 0 Å². The van der Waals surface area contributed by atoms with Gasteiger partial charge in [0.15, 0.2) is 0 Å². The fraction of sp³-hybridized carbons (Fsp3) is 0.889. The predicted molar refractivity (Wildman–Crippen MR) is 45.0 cm³/mol. The lowest BCUT2D eigenvalue weighted by Gasteiger charge is -2.32. The summed E-state index contributed by atoms with van der Waals surface area (Å²) in [6.45, 7) is 4.09. The highest BCUT2D eigenvalue weighted by molar-refractivity contribution is 4.90. The van der Waals surface area contributed by atoms with Gasteiger partial charge in [-0.05, 0) is 32.6 Å². The van der Waals surface area contributed by atoms with E-state index < -0.39 is 0 Å². The van der Waals surface area contributed by atoms with Crippen LogP contribution in [0.5, 0.6) is 0 Å². The number of hydrogen-bond acceptors (Lipinski definition) is 2. The minimum absolute atomic E-state index is 0.00519. The molecule has 0 aromatic heterocycles. The quantitative estimate of drug-likeness (QED) is 0.667. The standard InChI is InChI=1S/C9H16N2/c1-7(6-10)11-8(2)9-4-3-5-9/h7-9,11H,3-5H2,1-2H3/t7?,8-/m0/s1. The Bertz CT molecular complexity index is 155. The Morgan fingerprint density at radius 2 is 2.09 bits per heavy atom. The van der Waals surface area contributed by atoms with Gasteiger partial charge in [-0.3, -0.25) is 5.32 Å². The number of hydrogen-bond donors (Lipinski definition) is 1. The first-order chi connectivity index (χ1) is 5.24. The second-order valence-electron chi connectivity index (χ2n) is 3.50. The highest BCUT2D eigenvalue weighted by atomic mass is 14.9. The van der Waals surface area contributed by atoms with Gasteiger partial charge in [-0.25, -0.2) is 0 Å². The highest BCUT2D eigenvalue weighted by Crippen LogP contribution is 2.29. The van der Waals surface area contributed by atoms with Gasteiger partial charge in [-0.2, -0.15) is 5.26 Å². The van der Waals surface area contributed by atoms with Crippen LogP contribution in [-0.2, 0) is 0 Å². The van der Waals surface area contributed by atoms with Crippen LogP contribution in [0.1, 0.15) is 33.1 Å². The van der Waals surface area contributed by atoms with Gasteiger partial charge in [0.05, 0.1) is 12.1 Å². The van der Waals surface area contributed by atoms with Crippen molar-refractivity contribution in [3.63, 3.8) is 0 Å². The van der Waals surface area contributed by atoms with Gasteiger partial charge in [0.1, 0.15) is 0 Å². The maximum atomic E-state index is 8.54. The second kappa shape index (κ2) is 3.73. The van der Waals surface area contributed by atoms with E-state index in [1.807, 2.05) is 6.92 Å². The summed E-state index contributed by atoms with van der Waals surface area (Å²) in [5.41, 5.74) is 0. The fourth-order valence-electron chi connectivity index (χ4n) is 1.51. The van der Waals surface area contributed by atoms with Crippen LogP contribution in [0.3, 0.4) is 0 Å². The maximum absolute atomic E-state index is 8.54. The molecule has 2 nitrogen and oxygen atoms in total. The van der Waals surface area contributed by atoms with E-state index in [0.29, 0.717) is 6.04 Å². The average molecular weight is 152 g/mol. The first kappa shape index (κ1) is 8.55. The summed E-state index contributed by atoms with van der Waals surface area (Å²) < 4.78 is 0. The van der Waals surface area contributed by atoms with Crippen molar-refractivity contribution in [1.82, 2.24) is 5.32 Å². The molecule has 0 heterocycles. The van der Waals surface area contributed by atoms with E-state index >= 15 is 0 Å². The predicted octanol–water partition coefficient (Wildman–Crippen LogP) is 1.68. The zero-order chi connectivity index (χ0) is 8.27. The molecule has 0 spiro atoms. The topological polar surface area (TPSA) is 35.8 Å². The molecule has 2 atom stereocenters. The Hall–Kier alpha value is -0.550. The van der Waals surface area contributed by atoms with Gasteiger partial charge < -0.3 is 0 Å². The van der Waals surface area contributed by atoms with E-state index in [4.69, 9.17) is 5.26 Å².